The molecule has 6 heteroatoms. The summed E-state index contributed by atoms with van der Waals surface area (Å²) in [6, 6.07) is 3.56. The van der Waals surface area contributed by atoms with Gasteiger partial charge in [0, 0.05) is 11.1 Å². The largest absolute Gasteiger partial charge is 0.481 e. The number of aldehydes is 1. The van der Waals surface area contributed by atoms with Gasteiger partial charge in [-0.25, -0.2) is 8.78 Å². The van der Waals surface area contributed by atoms with E-state index in [1.54, 1.807) is 6.07 Å². The Morgan fingerprint density at radius 3 is 2.59 bits per heavy atom. The zero-order valence-electron chi connectivity index (χ0n) is 8.48. The first-order valence-electron chi connectivity index (χ1n) is 4.51. The number of hydrogen-bond donors (Lipinski definition) is 1. The van der Waals surface area contributed by atoms with E-state index in [0.717, 1.165) is 12.1 Å². The van der Waals surface area contributed by atoms with Crippen molar-refractivity contribution < 1.29 is 23.5 Å². The number of rotatable bonds is 4. The number of carboxylic acids is 1. The average Bonchev–Trinajstić information content (AvgIpc) is 2.26. The maximum absolute atomic E-state index is 12.6. The fourth-order valence-electron chi connectivity index (χ4n) is 1.43. The molecular formula is C11H7F2NO3. The quantitative estimate of drug-likeness (QED) is 0.814. The number of aliphatic carboxylic acids is 1. The smallest absolute Gasteiger partial charge is 0.307 e. The number of carbonyl (C=O) groups excluding carboxylic acids is 1. The van der Waals surface area contributed by atoms with Gasteiger partial charge in [0.2, 0.25) is 0 Å². The molecule has 0 saturated carbocycles. The summed E-state index contributed by atoms with van der Waals surface area (Å²) >= 11 is 0. The number of carbonyl (C=O) groups is 2. The standard InChI is InChI=1S/C11H7F2NO3/c12-11(13)8-2-6(5-15)1-7(3-10(16)17)9(8)4-14/h1-2,5,11H,3H2,(H,16,17). The molecule has 17 heavy (non-hydrogen) atoms. The summed E-state index contributed by atoms with van der Waals surface area (Å²) in [6.07, 6.45) is -3.18. The number of hydrogen-bond acceptors (Lipinski definition) is 3. The first kappa shape index (κ1) is 12.8. The van der Waals surface area contributed by atoms with Crippen LogP contribution in [0.15, 0.2) is 12.1 Å². The van der Waals surface area contributed by atoms with Crippen molar-refractivity contribution in [3.05, 3.63) is 34.4 Å². The van der Waals surface area contributed by atoms with Gasteiger partial charge in [0.1, 0.15) is 6.29 Å². The van der Waals surface area contributed by atoms with Crippen LogP contribution in [0.1, 0.15) is 33.5 Å². The van der Waals surface area contributed by atoms with E-state index in [-0.39, 0.29) is 16.7 Å². The molecule has 1 N–H and O–H groups in total. The lowest BCUT2D eigenvalue weighted by Crippen LogP contribution is -2.06. The van der Waals surface area contributed by atoms with E-state index in [9.17, 15) is 18.4 Å². The molecule has 1 aromatic carbocycles. The van der Waals surface area contributed by atoms with Gasteiger partial charge in [-0.15, -0.1) is 0 Å². The molecule has 1 rings (SSSR count). The summed E-state index contributed by atoms with van der Waals surface area (Å²) < 4.78 is 25.3. The molecule has 0 amide bonds. The molecule has 1 aromatic rings. The lowest BCUT2D eigenvalue weighted by atomic mass is 9.97. The minimum atomic E-state index is -2.93. The fraction of sp³-hybridized carbons (Fsp3) is 0.182. The molecular weight excluding hydrogens is 232 g/mol. The van der Waals surface area contributed by atoms with Crippen LogP contribution in [0.25, 0.3) is 0 Å². The molecule has 0 bridgehead atoms. The fourth-order valence-corrected chi connectivity index (χ4v) is 1.43. The van der Waals surface area contributed by atoms with Crippen LogP contribution in [0, 0.1) is 11.3 Å². The van der Waals surface area contributed by atoms with Gasteiger partial charge in [-0.05, 0) is 17.7 Å². The van der Waals surface area contributed by atoms with Crippen molar-refractivity contribution in [2.75, 3.05) is 0 Å². The van der Waals surface area contributed by atoms with Crippen molar-refractivity contribution in [1.29, 1.82) is 5.26 Å². The zero-order chi connectivity index (χ0) is 13.0. The van der Waals surface area contributed by atoms with Gasteiger partial charge < -0.3 is 5.11 Å². The van der Waals surface area contributed by atoms with Gasteiger partial charge in [0.05, 0.1) is 18.1 Å². The van der Waals surface area contributed by atoms with Gasteiger partial charge in [0.15, 0.2) is 0 Å². The minimum Gasteiger partial charge on any atom is -0.481 e. The molecule has 0 aliphatic rings. The molecule has 0 aliphatic carbocycles. The Morgan fingerprint density at radius 1 is 1.53 bits per heavy atom. The predicted octanol–water partition coefficient (Wildman–Crippen LogP) is 1.94. The van der Waals surface area contributed by atoms with Crippen LogP contribution in [0.3, 0.4) is 0 Å². The van der Waals surface area contributed by atoms with Gasteiger partial charge in [-0.2, -0.15) is 5.26 Å². The highest BCUT2D eigenvalue weighted by atomic mass is 19.3. The van der Waals surface area contributed by atoms with Gasteiger partial charge >= 0.3 is 5.97 Å². The highest BCUT2D eigenvalue weighted by Gasteiger charge is 2.19. The van der Waals surface area contributed by atoms with Gasteiger partial charge in [-0.1, -0.05) is 0 Å². The SMILES string of the molecule is N#Cc1c(CC(=O)O)cc(C=O)cc1C(F)F. The van der Waals surface area contributed by atoms with Crippen LogP contribution >= 0.6 is 0 Å². The predicted molar refractivity (Wildman–Crippen MR) is 52.8 cm³/mol. The van der Waals surface area contributed by atoms with Gasteiger partial charge in [-0.3, -0.25) is 9.59 Å². The number of carboxylic acid groups (broad SMARTS) is 1. The Hall–Kier alpha value is -2.29. The third kappa shape index (κ3) is 2.84. The number of benzene rings is 1. The van der Waals surface area contributed by atoms with Crippen molar-refractivity contribution in [2.45, 2.75) is 12.8 Å². The molecule has 0 saturated heterocycles. The molecule has 0 atom stereocenters. The Balaban J connectivity index is 3.45. The maximum Gasteiger partial charge on any atom is 0.307 e. The lowest BCUT2D eigenvalue weighted by Gasteiger charge is -2.08. The Labute approximate surface area is 95.1 Å². The molecule has 0 spiro atoms. The lowest BCUT2D eigenvalue weighted by molar-refractivity contribution is -0.136. The second-order valence-electron chi connectivity index (χ2n) is 3.25. The number of nitriles is 1. The second-order valence-corrected chi connectivity index (χ2v) is 3.25. The van der Waals surface area contributed by atoms with Crippen molar-refractivity contribution in [3.63, 3.8) is 0 Å². The summed E-state index contributed by atoms with van der Waals surface area (Å²) in [5, 5.41) is 17.4. The van der Waals surface area contributed by atoms with Crippen molar-refractivity contribution in [2.24, 2.45) is 0 Å². The summed E-state index contributed by atoms with van der Waals surface area (Å²) in [5.41, 5.74) is -1.16. The Morgan fingerprint density at radius 2 is 2.18 bits per heavy atom. The molecule has 0 radical (unpaired) electrons. The molecule has 0 unspecified atom stereocenters. The van der Waals surface area contributed by atoms with E-state index in [0.29, 0.717) is 6.29 Å². The topological polar surface area (TPSA) is 78.2 Å². The summed E-state index contributed by atoms with van der Waals surface area (Å²) in [4.78, 5) is 21.1. The van der Waals surface area contributed by atoms with Crippen LogP contribution in [-0.4, -0.2) is 17.4 Å². The highest BCUT2D eigenvalue weighted by molar-refractivity contribution is 5.79. The second kappa shape index (κ2) is 5.16. The number of nitrogens with zero attached hydrogens (tertiary/aromatic N) is 1. The summed E-state index contributed by atoms with van der Waals surface area (Å²) in [7, 11) is 0. The molecule has 0 fully saturated rings. The molecule has 0 aliphatic heterocycles. The molecule has 0 heterocycles. The Kier molecular flexibility index (Phi) is 3.88. The first-order chi connectivity index (χ1) is 7.99. The summed E-state index contributed by atoms with van der Waals surface area (Å²) in [6.45, 7) is 0. The number of halogens is 2. The van der Waals surface area contributed by atoms with Crippen molar-refractivity contribution >= 4 is 12.3 Å². The van der Waals surface area contributed by atoms with Crippen LogP contribution in [0.5, 0.6) is 0 Å². The van der Waals surface area contributed by atoms with Gasteiger partial charge in [0.25, 0.3) is 6.43 Å². The third-order valence-electron chi connectivity index (χ3n) is 2.10. The molecule has 88 valence electrons. The highest BCUT2D eigenvalue weighted by Crippen LogP contribution is 2.26. The van der Waals surface area contributed by atoms with E-state index < -0.39 is 24.4 Å². The van der Waals surface area contributed by atoms with Crippen molar-refractivity contribution in [1.82, 2.24) is 0 Å². The van der Waals surface area contributed by atoms with E-state index in [1.165, 1.54) is 0 Å². The summed E-state index contributed by atoms with van der Waals surface area (Å²) in [5.74, 6) is -1.26. The Bertz CT molecular complexity index is 506. The average molecular weight is 239 g/mol. The monoisotopic (exact) mass is 239 g/mol. The maximum atomic E-state index is 12.6. The number of alkyl halides is 2. The van der Waals surface area contributed by atoms with E-state index in [2.05, 4.69) is 0 Å². The normalized spacial score (nSPS) is 10.0. The molecule has 0 aromatic heterocycles. The van der Waals surface area contributed by atoms with E-state index in [4.69, 9.17) is 10.4 Å². The first-order valence-corrected chi connectivity index (χ1v) is 4.51. The van der Waals surface area contributed by atoms with Crippen molar-refractivity contribution in [3.8, 4) is 6.07 Å². The minimum absolute atomic E-state index is 0.0736. The third-order valence-corrected chi connectivity index (χ3v) is 2.10. The van der Waals surface area contributed by atoms with Crippen LogP contribution in [0.2, 0.25) is 0 Å². The van der Waals surface area contributed by atoms with E-state index >= 15 is 0 Å². The van der Waals surface area contributed by atoms with Crippen LogP contribution in [0.4, 0.5) is 8.78 Å². The van der Waals surface area contributed by atoms with Crippen LogP contribution < -0.4 is 0 Å². The molecule has 4 nitrogen and oxygen atoms in total. The van der Waals surface area contributed by atoms with E-state index in [1.807, 2.05) is 0 Å². The zero-order valence-corrected chi connectivity index (χ0v) is 8.48. The van der Waals surface area contributed by atoms with Crippen LogP contribution in [-0.2, 0) is 11.2 Å².